The molecule has 0 N–H and O–H groups in total. The van der Waals surface area contributed by atoms with Crippen molar-refractivity contribution in [1.82, 2.24) is 0 Å². The van der Waals surface area contributed by atoms with Gasteiger partial charge in [0, 0.05) is 85.6 Å². The molecule has 0 amide bonds. The summed E-state index contributed by atoms with van der Waals surface area (Å²) >= 11 is 3.78. The lowest BCUT2D eigenvalue weighted by atomic mass is 9.33. The highest BCUT2D eigenvalue weighted by atomic mass is 32.1. The summed E-state index contributed by atoms with van der Waals surface area (Å²) in [5, 5.41) is 5.24. The first-order valence-corrected chi connectivity index (χ1v) is 26.3. The molecule has 1 aliphatic carbocycles. The van der Waals surface area contributed by atoms with Crippen molar-refractivity contribution in [3.05, 3.63) is 199 Å². The predicted molar refractivity (Wildman–Crippen MR) is 299 cm³/mol. The number of fused-ring (bicyclic) bond motifs is 13. The van der Waals surface area contributed by atoms with E-state index in [9.17, 15) is 0 Å². The van der Waals surface area contributed by atoms with Crippen LogP contribution in [0.15, 0.2) is 188 Å². The zero-order valence-electron chi connectivity index (χ0n) is 39.0. The van der Waals surface area contributed by atoms with Crippen LogP contribution in [-0.2, 0) is 5.41 Å². The molecule has 9 aromatic carbocycles. The topological polar surface area (TPSA) is 9.72 Å². The molecule has 2 aromatic heterocycles. The lowest BCUT2D eigenvalue weighted by Gasteiger charge is -2.50. The van der Waals surface area contributed by atoms with E-state index in [2.05, 4.69) is 224 Å². The summed E-state index contributed by atoms with van der Waals surface area (Å²) in [5.41, 5.74) is 19.2. The van der Waals surface area contributed by atoms with Crippen LogP contribution in [0.5, 0.6) is 0 Å². The van der Waals surface area contributed by atoms with Crippen LogP contribution >= 0.6 is 22.7 Å². The third-order valence-corrected chi connectivity index (χ3v) is 19.1. The minimum Gasteiger partial charge on any atom is -0.334 e. The molecule has 3 aliphatic heterocycles. The Morgan fingerprint density at radius 2 is 1.13 bits per heavy atom. The molecule has 69 heavy (non-hydrogen) atoms. The zero-order valence-corrected chi connectivity index (χ0v) is 40.6. The fourth-order valence-corrected chi connectivity index (χ4v) is 15.7. The molecule has 15 rings (SSSR count). The molecule has 0 spiro atoms. The quantitative estimate of drug-likeness (QED) is 0.163. The Balaban J connectivity index is 1.04. The van der Waals surface area contributed by atoms with E-state index in [1.165, 1.54) is 144 Å². The van der Waals surface area contributed by atoms with Gasteiger partial charge in [-0.1, -0.05) is 129 Å². The third kappa shape index (κ3) is 5.45. The first-order chi connectivity index (χ1) is 33.9. The van der Waals surface area contributed by atoms with Crippen LogP contribution in [0.1, 0.15) is 50.7 Å². The van der Waals surface area contributed by atoms with Crippen LogP contribution in [0.25, 0.3) is 51.5 Å². The predicted octanol–water partition coefficient (Wildman–Crippen LogP) is 16.2. The van der Waals surface area contributed by atoms with Gasteiger partial charge in [0.2, 0.25) is 0 Å². The summed E-state index contributed by atoms with van der Waals surface area (Å²) in [6.45, 7) is 7.38. The Labute approximate surface area is 411 Å². The van der Waals surface area contributed by atoms with E-state index in [1.54, 1.807) is 0 Å². The van der Waals surface area contributed by atoms with Gasteiger partial charge in [0.1, 0.15) is 0 Å². The average Bonchev–Trinajstić information content (AvgIpc) is 4.02. The molecule has 0 radical (unpaired) electrons. The van der Waals surface area contributed by atoms with Crippen molar-refractivity contribution in [3.63, 3.8) is 0 Å². The number of thiophene rings is 2. The van der Waals surface area contributed by atoms with Crippen molar-refractivity contribution in [2.24, 2.45) is 0 Å². The van der Waals surface area contributed by atoms with E-state index >= 15 is 0 Å². The number of hydrogen-bond donors (Lipinski definition) is 0. The van der Waals surface area contributed by atoms with E-state index in [1.807, 2.05) is 22.7 Å². The first kappa shape index (κ1) is 39.8. The van der Waals surface area contributed by atoms with Crippen molar-refractivity contribution in [3.8, 4) is 11.1 Å². The normalized spacial score (nSPS) is 19.0. The molecule has 0 bridgehead atoms. The number of aryl methyl sites for hydroxylation is 1. The third-order valence-electron chi connectivity index (χ3n) is 16.8. The molecule has 2 unspecified atom stereocenters. The number of benzene rings is 9. The van der Waals surface area contributed by atoms with Crippen molar-refractivity contribution in [2.75, 3.05) is 14.7 Å². The highest BCUT2D eigenvalue weighted by Gasteiger charge is 2.57. The molecule has 2 atom stereocenters. The summed E-state index contributed by atoms with van der Waals surface area (Å²) in [7, 11) is 0. The van der Waals surface area contributed by atoms with Gasteiger partial charge >= 0.3 is 0 Å². The summed E-state index contributed by atoms with van der Waals surface area (Å²) < 4.78 is 5.27. The van der Waals surface area contributed by atoms with Crippen molar-refractivity contribution >= 4 is 132 Å². The molecule has 5 heterocycles. The molecule has 330 valence electrons. The first-order valence-electron chi connectivity index (χ1n) is 24.7. The van der Waals surface area contributed by atoms with Crippen LogP contribution in [0.2, 0.25) is 0 Å². The summed E-state index contributed by atoms with van der Waals surface area (Å²) in [4.78, 5) is 8.01. The van der Waals surface area contributed by atoms with Gasteiger partial charge in [0.05, 0.1) is 11.2 Å². The van der Waals surface area contributed by atoms with Gasteiger partial charge in [-0.3, -0.25) is 0 Å². The smallest absolute Gasteiger partial charge is 0.252 e. The second kappa shape index (κ2) is 14.5. The molecule has 1 saturated carbocycles. The lowest BCUT2D eigenvalue weighted by molar-refractivity contribution is 0.195. The second-order valence-corrected chi connectivity index (χ2v) is 22.6. The molecule has 0 saturated heterocycles. The van der Waals surface area contributed by atoms with Crippen LogP contribution in [-0.4, -0.2) is 12.3 Å². The number of hydrogen-bond acceptors (Lipinski definition) is 5. The summed E-state index contributed by atoms with van der Waals surface area (Å²) in [6, 6.07) is 72.1. The number of para-hydroxylation sites is 1. The second-order valence-electron chi connectivity index (χ2n) is 20.4. The van der Waals surface area contributed by atoms with Crippen molar-refractivity contribution < 1.29 is 0 Å². The van der Waals surface area contributed by atoms with Gasteiger partial charge in [-0.15, -0.1) is 22.7 Å². The number of anilines is 8. The van der Waals surface area contributed by atoms with Gasteiger partial charge in [0.15, 0.2) is 0 Å². The fourth-order valence-electron chi connectivity index (χ4n) is 13.5. The summed E-state index contributed by atoms with van der Waals surface area (Å²) in [6.07, 6.45) is 4.87. The molecule has 1 fully saturated rings. The van der Waals surface area contributed by atoms with E-state index in [0.29, 0.717) is 0 Å². The van der Waals surface area contributed by atoms with Crippen LogP contribution in [0, 0.1) is 6.92 Å². The average molecular weight is 922 g/mol. The Hall–Kier alpha value is -7.12. The molecule has 6 heteroatoms. The summed E-state index contributed by atoms with van der Waals surface area (Å²) in [5.74, 6) is 0. The Morgan fingerprint density at radius 1 is 0.449 bits per heavy atom. The SMILES string of the molecule is Cc1cc2c3c(c1)N(c1cccc4sc5ccccc5c14)c1ccc(-c4ccccc4)cc1B3c1ccc(N3c4ccccc4C4(C)CCCCC34C)cc1N2c1ccc2sc3ccccc3c2c1. The molecule has 3 nitrogen and oxygen atoms in total. The molecule has 4 aliphatic rings. The highest BCUT2D eigenvalue weighted by molar-refractivity contribution is 7.26. The van der Waals surface area contributed by atoms with Gasteiger partial charge in [-0.05, 0) is 144 Å². The van der Waals surface area contributed by atoms with Crippen LogP contribution in [0.3, 0.4) is 0 Å². The van der Waals surface area contributed by atoms with Crippen molar-refractivity contribution in [2.45, 2.75) is 57.4 Å². The molecule has 11 aromatic rings. The number of nitrogens with zero attached hydrogens (tertiary/aromatic N) is 3. The van der Waals surface area contributed by atoms with E-state index in [4.69, 9.17) is 0 Å². The largest absolute Gasteiger partial charge is 0.334 e. The standard InChI is InChI=1S/C63H48BN3S2/c1-39-34-54-61-55(35-39)66(52-22-15-25-59-60(52)45-19-8-12-24-57(45)69-59)51-30-26-41(40-16-5-4-6-17-40)36-49(51)64(61)48-29-27-43(67-50-21-10-9-20-47(50)62(2)32-13-14-33-63(62,67)3)38-53(48)65(54)42-28-31-58-46(37-42)44-18-7-11-23-56(44)68-58/h4-12,15-31,34-38H,13-14,32-33H2,1-3H3. The zero-order chi connectivity index (χ0) is 45.8. The van der Waals surface area contributed by atoms with Gasteiger partial charge < -0.3 is 14.7 Å². The molecular formula is C63H48BN3S2. The lowest BCUT2D eigenvalue weighted by Crippen LogP contribution is -2.61. The Morgan fingerprint density at radius 3 is 2.00 bits per heavy atom. The maximum Gasteiger partial charge on any atom is 0.252 e. The number of rotatable bonds is 4. The highest BCUT2D eigenvalue weighted by Crippen LogP contribution is 2.61. The molecular weight excluding hydrogens is 874 g/mol. The Bertz CT molecular complexity index is 3960. The van der Waals surface area contributed by atoms with Crippen molar-refractivity contribution in [1.29, 1.82) is 0 Å². The van der Waals surface area contributed by atoms with Crippen LogP contribution in [0.4, 0.5) is 45.5 Å². The van der Waals surface area contributed by atoms with Crippen LogP contribution < -0.4 is 31.1 Å². The van der Waals surface area contributed by atoms with Gasteiger partial charge in [0.25, 0.3) is 6.71 Å². The maximum atomic E-state index is 2.75. The van der Waals surface area contributed by atoms with E-state index < -0.39 is 0 Å². The van der Waals surface area contributed by atoms with Gasteiger partial charge in [-0.25, -0.2) is 0 Å². The minimum absolute atomic E-state index is 0.0173. The van der Waals surface area contributed by atoms with E-state index in [-0.39, 0.29) is 17.7 Å². The van der Waals surface area contributed by atoms with E-state index in [0.717, 1.165) is 6.42 Å². The fraction of sp³-hybridized carbons (Fsp3) is 0.143. The maximum absolute atomic E-state index is 2.75. The Kier molecular flexibility index (Phi) is 8.35. The minimum atomic E-state index is -0.0613. The van der Waals surface area contributed by atoms with Gasteiger partial charge in [-0.2, -0.15) is 0 Å². The monoisotopic (exact) mass is 921 g/mol.